The summed E-state index contributed by atoms with van der Waals surface area (Å²) in [6.07, 6.45) is 4.62. The van der Waals surface area contributed by atoms with Crippen LogP contribution >= 0.6 is 11.3 Å². The molecule has 2 fully saturated rings. The van der Waals surface area contributed by atoms with Gasteiger partial charge >= 0.3 is 6.30 Å². The van der Waals surface area contributed by atoms with Crippen molar-refractivity contribution in [3.05, 3.63) is 22.8 Å². The van der Waals surface area contributed by atoms with Gasteiger partial charge in [-0.15, -0.1) is 24.5 Å². The smallest absolute Gasteiger partial charge is 0.474 e. The molecule has 3 aliphatic rings. The number of halogens is 3. The van der Waals surface area contributed by atoms with Gasteiger partial charge in [-0.1, -0.05) is 0 Å². The first-order valence-electron chi connectivity index (χ1n) is 12.1. The highest BCUT2D eigenvalue weighted by atomic mass is 32.1. The molecule has 188 valence electrons. The first-order valence-corrected chi connectivity index (χ1v) is 13.0. The molecule has 1 saturated heterocycles. The Balaban J connectivity index is 1.23. The van der Waals surface area contributed by atoms with E-state index in [9.17, 15) is 13.2 Å². The maximum atomic E-state index is 12.9. The van der Waals surface area contributed by atoms with Crippen LogP contribution in [0.4, 0.5) is 24.8 Å². The maximum Gasteiger partial charge on any atom is 0.504 e. The van der Waals surface area contributed by atoms with E-state index in [1.165, 1.54) is 10.4 Å². The van der Waals surface area contributed by atoms with Crippen molar-refractivity contribution in [2.75, 3.05) is 31.6 Å². The monoisotopic (exact) mass is 508 g/mol. The van der Waals surface area contributed by atoms with Gasteiger partial charge in [-0.2, -0.15) is 14.8 Å². The second-order valence-electron chi connectivity index (χ2n) is 9.35. The lowest BCUT2D eigenvalue weighted by molar-refractivity contribution is -0.212. The standard InChI is InChI=1S/C23H27F3N6O2S/c24-23(25,26)32-13-14(12-27-32)28-22-29-20(19-17-2-1-3-18(17)35-21(19)30-22)34-16-6-4-15(5-7-16)31-8-10-33-11-9-31/h12-13,15-16H,1-11H2,(H,28,29,30). The summed E-state index contributed by atoms with van der Waals surface area (Å²) in [7, 11) is 0. The van der Waals surface area contributed by atoms with Gasteiger partial charge in [0.05, 0.1) is 36.7 Å². The van der Waals surface area contributed by atoms with Crippen LogP contribution in [0, 0.1) is 0 Å². The average Bonchev–Trinajstić information content (AvgIpc) is 3.56. The maximum absolute atomic E-state index is 12.9. The zero-order valence-corrected chi connectivity index (χ0v) is 20.0. The number of ether oxygens (including phenoxy) is 2. The van der Waals surface area contributed by atoms with Crippen molar-refractivity contribution in [1.29, 1.82) is 0 Å². The lowest BCUT2D eigenvalue weighted by Crippen LogP contribution is -2.46. The molecule has 0 atom stereocenters. The molecule has 1 saturated carbocycles. The van der Waals surface area contributed by atoms with Gasteiger partial charge in [-0.25, -0.2) is 4.98 Å². The highest BCUT2D eigenvalue weighted by Gasteiger charge is 2.32. The largest absolute Gasteiger partial charge is 0.504 e. The van der Waals surface area contributed by atoms with Gasteiger partial charge in [0.25, 0.3) is 0 Å². The first kappa shape index (κ1) is 23.0. The summed E-state index contributed by atoms with van der Waals surface area (Å²) in [5, 5.41) is 7.23. The molecule has 1 N–H and O–H groups in total. The van der Waals surface area contributed by atoms with Crippen LogP contribution in [0.2, 0.25) is 0 Å². The van der Waals surface area contributed by atoms with Crippen molar-refractivity contribution in [1.82, 2.24) is 24.6 Å². The molecule has 3 aromatic rings. The molecule has 35 heavy (non-hydrogen) atoms. The van der Waals surface area contributed by atoms with E-state index in [-0.39, 0.29) is 22.4 Å². The van der Waals surface area contributed by atoms with Gasteiger partial charge in [0.1, 0.15) is 10.9 Å². The van der Waals surface area contributed by atoms with Gasteiger partial charge in [-0.3, -0.25) is 4.90 Å². The summed E-state index contributed by atoms with van der Waals surface area (Å²) < 4.78 is 50.7. The summed E-state index contributed by atoms with van der Waals surface area (Å²) >= 11 is 1.63. The van der Waals surface area contributed by atoms with Crippen LogP contribution in [-0.2, 0) is 23.9 Å². The van der Waals surface area contributed by atoms with Crippen LogP contribution in [0.25, 0.3) is 10.2 Å². The normalized spacial score (nSPS) is 23.5. The molecule has 4 heterocycles. The number of nitrogens with zero attached hydrogens (tertiary/aromatic N) is 5. The lowest BCUT2D eigenvalue weighted by Gasteiger charge is -2.38. The number of hydrogen-bond donors (Lipinski definition) is 1. The van der Waals surface area contributed by atoms with Gasteiger partial charge in [0.15, 0.2) is 0 Å². The Morgan fingerprint density at radius 3 is 2.63 bits per heavy atom. The number of thiophene rings is 1. The Morgan fingerprint density at radius 1 is 1.09 bits per heavy atom. The quantitative estimate of drug-likeness (QED) is 0.539. The minimum absolute atomic E-state index is 0.0438. The topological polar surface area (TPSA) is 77.3 Å². The van der Waals surface area contributed by atoms with Crippen LogP contribution in [-0.4, -0.2) is 63.1 Å². The lowest BCUT2D eigenvalue weighted by atomic mass is 9.91. The Labute approximate surface area is 204 Å². The molecule has 0 spiro atoms. The fourth-order valence-corrected chi connectivity index (χ4v) is 6.64. The third kappa shape index (κ3) is 4.70. The number of aryl methyl sites for hydroxylation is 2. The Morgan fingerprint density at radius 2 is 1.89 bits per heavy atom. The third-order valence-corrected chi connectivity index (χ3v) is 8.30. The molecule has 0 unspecified atom stereocenters. The van der Waals surface area contributed by atoms with Gasteiger partial charge in [0, 0.05) is 24.0 Å². The van der Waals surface area contributed by atoms with E-state index in [1.807, 2.05) is 0 Å². The van der Waals surface area contributed by atoms with Crippen molar-refractivity contribution in [2.24, 2.45) is 0 Å². The molecule has 0 bridgehead atoms. The number of hydrogen-bond acceptors (Lipinski definition) is 8. The van der Waals surface area contributed by atoms with E-state index in [2.05, 4.69) is 25.3 Å². The van der Waals surface area contributed by atoms with Crippen molar-refractivity contribution in [3.63, 3.8) is 0 Å². The summed E-state index contributed by atoms with van der Waals surface area (Å²) in [5.74, 6) is 0.756. The molecule has 0 amide bonds. The molecule has 6 rings (SSSR count). The number of anilines is 2. The highest BCUT2D eigenvalue weighted by Crippen LogP contribution is 2.42. The first-order chi connectivity index (χ1) is 16.9. The minimum atomic E-state index is -4.58. The van der Waals surface area contributed by atoms with E-state index in [0.29, 0.717) is 11.9 Å². The Hall–Kier alpha value is -2.44. The van der Waals surface area contributed by atoms with Crippen LogP contribution < -0.4 is 10.1 Å². The van der Waals surface area contributed by atoms with Gasteiger partial charge in [0.2, 0.25) is 11.8 Å². The van der Waals surface area contributed by atoms with Gasteiger partial charge < -0.3 is 14.8 Å². The summed E-state index contributed by atoms with van der Waals surface area (Å²) in [6.45, 7) is 3.58. The number of rotatable bonds is 5. The average molecular weight is 509 g/mol. The second kappa shape index (κ2) is 9.21. The molecule has 12 heteroatoms. The fourth-order valence-electron chi connectivity index (χ4n) is 5.39. The van der Waals surface area contributed by atoms with Crippen LogP contribution in [0.15, 0.2) is 12.4 Å². The third-order valence-electron chi connectivity index (χ3n) is 7.11. The van der Waals surface area contributed by atoms with Crippen LogP contribution in [0.1, 0.15) is 42.5 Å². The van der Waals surface area contributed by atoms with E-state index in [4.69, 9.17) is 9.47 Å². The summed E-state index contributed by atoms with van der Waals surface area (Å²) in [5.41, 5.74) is 1.43. The Kier molecular flexibility index (Phi) is 6.05. The number of aromatic nitrogens is 4. The molecular weight excluding hydrogens is 481 g/mol. The Bertz CT molecular complexity index is 1200. The van der Waals surface area contributed by atoms with E-state index in [1.54, 1.807) is 11.3 Å². The van der Waals surface area contributed by atoms with Gasteiger partial charge in [-0.05, 0) is 50.5 Å². The number of alkyl halides is 3. The SMILES string of the molecule is FC(F)(F)n1cc(Nc2nc(OC3CCC(N4CCOCC4)CC3)c3c4c(sc3n2)CCC4)cn1. The predicted molar refractivity (Wildman–Crippen MR) is 125 cm³/mol. The molecule has 0 radical (unpaired) electrons. The second-order valence-corrected chi connectivity index (χ2v) is 10.4. The van der Waals surface area contributed by atoms with Crippen molar-refractivity contribution >= 4 is 33.2 Å². The van der Waals surface area contributed by atoms with Crippen molar-refractivity contribution in [2.45, 2.75) is 63.4 Å². The van der Waals surface area contributed by atoms with E-state index >= 15 is 0 Å². The zero-order valence-electron chi connectivity index (χ0n) is 19.2. The molecule has 3 aromatic heterocycles. The van der Waals surface area contributed by atoms with Crippen LogP contribution in [0.3, 0.4) is 0 Å². The number of nitrogens with one attached hydrogen (secondary N) is 1. The molecule has 2 aliphatic carbocycles. The highest BCUT2D eigenvalue weighted by molar-refractivity contribution is 7.19. The fraction of sp³-hybridized carbons (Fsp3) is 0.609. The summed E-state index contributed by atoms with van der Waals surface area (Å²) in [6, 6.07) is 0.567. The van der Waals surface area contributed by atoms with Crippen molar-refractivity contribution in [3.8, 4) is 5.88 Å². The number of fused-ring (bicyclic) bond motifs is 3. The molecule has 8 nitrogen and oxygen atoms in total. The van der Waals surface area contributed by atoms with Crippen LogP contribution in [0.5, 0.6) is 5.88 Å². The number of morpholine rings is 1. The molecule has 0 aromatic carbocycles. The minimum Gasteiger partial charge on any atom is -0.474 e. The predicted octanol–water partition coefficient (Wildman–Crippen LogP) is 4.62. The van der Waals surface area contributed by atoms with Crippen molar-refractivity contribution < 1.29 is 22.6 Å². The summed E-state index contributed by atoms with van der Waals surface area (Å²) in [4.78, 5) is 13.9. The van der Waals surface area contributed by atoms with E-state index < -0.39 is 6.30 Å². The molecular formula is C23H27F3N6O2S. The van der Waals surface area contributed by atoms with E-state index in [0.717, 1.165) is 93.9 Å². The molecule has 1 aliphatic heterocycles. The zero-order chi connectivity index (χ0) is 24.0.